The number of nitrogens with zero attached hydrogens (tertiary/aromatic N) is 4. The van der Waals surface area contributed by atoms with Crippen LogP contribution in [-0.2, 0) is 33.3 Å². The molecule has 2 heterocycles. The number of nitriles is 1. The van der Waals surface area contributed by atoms with Crippen LogP contribution in [0.4, 0.5) is 8.78 Å². The Kier molecular flexibility index (Phi) is 7.75. The molecule has 1 aliphatic rings. The van der Waals surface area contributed by atoms with Gasteiger partial charge in [-0.3, -0.25) is 14.4 Å². The van der Waals surface area contributed by atoms with Gasteiger partial charge < -0.3 is 18.9 Å². The van der Waals surface area contributed by atoms with E-state index in [1.165, 1.54) is 13.1 Å². The molecule has 0 unspecified atom stereocenters. The quantitative estimate of drug-likeness (QED) is 0.432. The van der Waals surface area contributed by atoms with Crippen LogP contribution in [0, 0.1) is 29.9 Å². The van der Waals surface area contributed by atoms with Gasteiger partial charge in [0, 0.05) is 31.9 Å². The maximum Gasteiger partial charge on any atom is 0.303 e. The monoisotopic (exact) mass is 492 g/mol. The largest absolute Gasteiger partial charge is 0.463 e. The molecular formula is C22H22F2N4O7. The molecule has 0 N–H and O–H groups in total. The van der Waals surface area contributed by atoms with E-state index in [0.29, 0.717) is 0 Å². The van der Waals surface area contributed by atoms with E-state index >= 15 is 0 Å². The molecule has 1 fully saturated rings. The second-order valence-electron chi connectivity index (χ2n) is 7.81. The summed E-state index contributed by atoms with van der Waals surface area (Å²) in [6.07, 6.45) is -3.77. The summed E-state index contributed by atoms with van der Waals surface area (Å²) in [5.74, 6) is -3.72. The third-order valence-corrected chi connectivity index (χ3v) is 5.23. The number of hydrogen-bond acceptors (Lipinski definition) is 10. The van der Waals surface area contributed by atoms with Crippen molar-refractivity contribution >= 4 is 17.9 Å². The first-order valence-corrected chi connectivity index (χ1v) is 10.4. The molecule has 0 saturated carbocycles. The molecule has 2 aromatic rings. The average Bonchev–Trinajstić information content (AvgIpc) is 3.25. The predicted octanol–water partition coefficient (Wildman–Crippen LogP) is 1.79. The van der Waals surface area contributed by atoms with E-state index in [2.05, 4.69) is 10.3 Å². The highest BCUT2D eigenvalue weighted by atomic mass is 19.1. The molecule has 35 heavy (non-hydrogen) atoms. The lowest BCUT2D eigenvalue weighted by atomic mass is 9.92. The fourth-order valence-electron chi connectivity index (χ4n) is 3.68. The number of carbonyl (C=O) groups is 3. The van der Waals surface area contributed by atoms with Crippen molar-refractivity contribution in [3.05, 3.63) is 35.5 Å². The molecule has 11 nitrogen and oxygen atoms in total. The Morgan fingerprint density at radius 3 is 2.23 bits per heavy atom. The maximum absolute atomic E-state index is 14.1. The number of benzene rings is 1. The van der Waals surface area contributed by atoms with Gasteiger partial charge in [0.15, 0.2) is 18.3 Å². The summed E-state index contributed by atoms with van der Waals surface area (Å²) in [6.45, 7) is 4.30. The topological polar surface area (TPSA) is 143 Å². The summed E-state index contributed by atoms with van der Waals surface area (Å²) in [5.41, 5.74) is -0.0339. The molecule has 13 heteroatoms. The third kappa shape index (κ3) is 5.78. The van der Waals surface area contributed by atoms with Gasteiger partial charge in [-0.15, -0.1) is 5.10 Å². The second kappa shape index (κ2) is 10.6. The number of carbonyl (C=O) groups excluding carboxylic acids is 3. The minimum absolute atomic E-state index is 0.0579. The molecule has 3 rings (SSSR count). The second-order valence-corrected chi connectivity index (χ2v) is 7.81. The molecule has 0 radical (unpaired) electrons. The molecule has 1 aliphatic heterocycles. The summed E-state index contributed by atoms with van der Waals surface area (Å²) in [4.78, 5) is 35.1. The molecule has 0 spiro atoms. The van der Waals surface area contributed by atoms with Crippen molar-refractivity contribution in [1.29, 1.82) is 5.26 Å². The van der Waals surface area contributed by atoms with Crippen molar-refractivity contribution in [2.75, 3.05) is 6.61 Å². The van der Waals surface area contributed by atoms with Crippen LogP contribution in [-0.4, -0.2) is 63.9 Å². The van der Waals surface area contributed by atoms with E-state index in [1.54, 1.807) is 0 Å². The van der Waals surface area contributed by atoms with Gasteiger partial charge in [0.05, 0.1) is 12.3 Å². The van der Waals surface area contributed by atoms with Crippen molar-refractivity contribution in [2.24, 2.45) is 0 Å². The van der Waals surface area contributed by atoms with E-state index in [-0.39, 0.29) is 23.4 Å². The molecule has 1 aromatic carbocycles. The van der Waals surface area contributed by atoms with Crippen LogP contribution in [0.15, 0.2) is 18.3 Å². The van der Waals surface area contributed by atoms with E-state index in [1.807, 2.05) is 6.07 Å². The number of esters is 3. The Hall–Kier alpha value is -3.92. The van der Waals surface area contributed by atoms with Crippen LogP contribution in [0.2, 0.25) is 0 Å². The minimum atomic E-state index is -1.36. The Morgan fingerprint density at radius 1 is 1.09 bits per heavy atom. The molecule has 5 atom stereocenters. The smallest absolute Gasteiger partial charge is 0.303 e. The lowest BCUT2D eigenvalue weighted by Gasteiger charge is -2.42. The van der Waals surface area contributed by atoms with Gasteiger partial charge in [-0.05, 0) is 19.1 Å². The fourth-order valence-corrected chi connectivity index (χ4v) is 3.68. The van der Waals surface area contributed by atoms with Crippen LogP contribution in [0.25, 0.3) is 11.3 Å². The Morgan fingerprint density at radius 2 is 1.69 bits per heavy atom. The van der Waals surface area contributed by atoms with E-state index in [0.717, 1.165) is 37.6 Å². The number of rotatable bonds is 6. The maximum atomic E-state index is 14.1. The lowest BCUT2D eigenvalue weighted by Crippen LogP contribution is -2.58. The van der Waals surface area contributed by atoms with Crippen molar-refractivity contribution in [3.8, 4) is 17.3 Å². The van der Waals surface area contributed by atoms with Gasteiger partial charge in [-0.2, -0.15) is 5.26 Å². The first-order chi connectivity index (χ1) is 16.5. The van der Waals surface area contributed by atoms with E-state index in [4.69, 9.17) is 18.9 Å². The Balaban J connectivity index is 2.09. The average molecular weight is 492 g/mol. The normalized spacial score (nSPS) is 23.7. The molecule has 1 saturated heterocycles. The fraction of sp³-hybridized carbons (Fsp3) is 0.455. The summed E-state index contributed by atoms with van der Waals surface area (Å²) >= 11 is 0. The molecule has 0 bridgehead atoms. The van der Waals surface area contributed by atoms with Crippen LogP contribution < -0.4 is 0 Å². The number of hydrogen-bond donors (Lipinski definition) is 0. The summed E-state index contributed by atoms with van der Waals surface area (Å²) in [6, 6.07) is 2.86. The Labute approximate surface area is 198 Å². The molecular weight excluding hydrogens is 470 g/mol. The van der Waals surface area contributed by atoms with Crippen molar-refractivity contribution < 1.29 is 42.1 Å². The van der Waals surface area contributed by atoms with Gasteiger partial charge in [0.25, 0.3) is 0 Å². The summed E-state index contributed by atoms with van der Waals surface area (Å²) in [7, 11) is 0. The molecule has 1 aromatic heterocycles. The highest BCUT2D eigenvalue weighted by Crippen LogP contribution is 2.35. The number of ether oxygens (including phenoxy) is 4. The first kappa shape index (κ1) is 25.7. The van der Waals surface area contributed by atoms with E-state index in [9.17, 15) is 28.4 Å². The van der Waals surface area contributed by atoms with Crippen LogP contribution in [0.3, 0.4) is 0 Å². The lowest BCUT2D eigenvalue weighted by molar-refractivity contribution is -0.218. The third-order valence-electron chi connectivity index (χ3n) is 5.23. The van der Waals surface area contributed by atoms with Crippen molar-refractivity contribution in [2.45, 2.75) is 58.2 Å². The first-order valence-electron chi connectivity index (χ1n) is 10.4. The standard InChI is InChI=1S/C22H22F2N4O7/c1-10-15(23)5-14(6-16(10)24)17-8-28(27-26-17)20-21(33-12(3)30)18(7-25)35-19(9-32-11(2)29)22(20)34-13(4)31/h5-6,8,18-22H,9H2,1-4H3/t18-,19+,20+,21-,22-/m0/s1. The highest BCUT2D eigenvalue weighted by molar-refractivity contribution is 5.67. The number of halogens is 2. The van der Waals surface area contributed by atoms with Gasteiger partial charge in [0.2, 0.25) is 0 Å². The SMILES string of the molecule is CC(=O)OC[C@H]1O[C@@H](C#N)[C@H](OC(C)=O)[C@@H](n2cc(-c3cc(F)c(C)c(F)c3)nn2)[C@H]1OC(C)=O. The summed E-state index contributed by atoms with van der Waals surface area (Å²) in [5, 5.41) is 17.6. The molecule has 0 aliphatic carbocycles. The van der Waals surface area contributed by atoms with Crippen molar-refractivity contribution in [1.82, 2.24) is 15.0 Å². The van der Waals surface area contributed by atoms with Crippen molar-refractivity contribution in [3.63, 3.8) is 0 Å². The molecule has 186 valence electrons. The minimum Gasteiger partial charge on any atom is -0.463 e. The zero-order valence-corrected chi connectivity index (χ0v) is 19.2. The van der Waals surface area contributed by atoms with Gasteiger partial charge in [0.1, 0.15) is 36.1 Å². The summed E-state index contributed by atoms with van der Waals surface area (Å²) < 4.78 is 50.7. The number of aromatic nitrogens is 3. The van der Waals surface area contributed by atoms with Gasteiger partial charge in [-0.25, -0.2) is 13.5 Å². The van der Waals surface area contributed by atoms with Crippen LogP contribution in [0.1, 0.15) is 32.4 Å². The van der Waals surface area contributed by atoms with E-state index < -0.39 is 60.0 Å². The van der Waals surface area contributed by atoms with Gasteiger partial charge in [-0.1, -0.05) is 5.21 Å². The highest BCUT2D eigenvalue weighted by Gasteiger charge is 2.52. The molecule has 0 amide bonds. The predicted molar refractivity (Wildman–Crippen MR) is 111 cm³/mol. The van der Waals surface area contributed by atoms with Crippen LogP contribution in [0.5, 0.6) is 0 Å². The zero-order chi connectivity index (χ0) is 25.9. The van der Waals surface area contributed by atoms with Crippen LogP contribution >= 0.6 is 0 Å². The zero-order valence-electron chi connectivity index (χ0n) is 19.2. The Bertz CT molecular complexity index is 1160. The van der Waals surface area contributed by atoms with Gasteiger partial charge >= 0.3 is 17.9 Å².